The maximum absolute atomic E-state index is 13.0. The molecule has 0 atom stereocenters. The summed E-state index contributed by atoms with van der Waals surface area (Å²) < 4.78 is 39.5. The lowest BCUT2D eigenvalue weighted by Crippen LogP contribution is -2.07. The van der Waals surface area contributed by atoms with E-state index in [1.165, 1.54) is 24.3 Å². The minimum absolute atomic E-state index is 0.00148. The molecule has 19 heavy (non-hydrogen) atoms. The molecule has 0 amide bonds. The lowest BCUT2D eigenvalue weighted by Gasteiger charge is -2.14. The van der Waals surface area contributed by atoms with Gasteiger partial charge in [0.1, 0.15) is 0 Å². The Morgan fingerprint density at radius 1 is 1.00 bits per heavy atom. The molecule has 0 saturated heterocycles. The summed E-state index contributed by atoms with van der Waals surface area (Å²) in [5.41, 5.74) is -0.262. The van der Waals surface area contributed by atoms with Crippen molar-refractivity contribution in [1.82, 2.24) is 0 Å². The van der Waals surface area contributed by atoms with Gasteiger partial charge in [0.15, 0.2) is 6.29 Å². The van der Waals surface area contributed by atoms with Gasteiger partial charge in [0.05, 0.1) is 5.56 Å². The molecule has 2 aromatic rings. The second-order valence-corrected chi connectivity index (χ2v) is 4.81. The van der Waals surface area contributed by atoms with Crippen LogP contribution in [0, 0.1) is 0 Å². The van der Waals surface area contributed by atoms with Crippen molar-refractivity contribution < 1.29 is 18.0 Å². The van der Waals surface area contributed by atoms with Gasteiger partial charge in [0, 0.05) is 10.0 Å². The van der Waals surface area contributed by atoms with Crippen molar-refractivity contribution >= 4 is 22.2 Å². The fourth-order valence-electron chi connectivity index (χ4n) is 1.83. The van der Waals surface area contributed by atoms with Gasteiger partial charge in [0.2, 0.25) is 0 Å². The van der Waals surface area contributed by atoms with Crippen LogP contribution in [-0.2, 0) is 6.18 Å². The fourth-order valence-corrected chi connectivity index (χ4v) is 2.19. The highest BCUT2D eigenvalue weighted by atomic mass is 79.9. The number of hydrogen-bond donors (Lipinski definition) is 0. The maximum atomic E-state index is 13.0. The number of carbonyl (C=O) groups is 1. The second-order valence-electron chi connectivity index (χ2n) is 3.89. The van der Waals surface area contributed by atoms with Gasteiger partial charge in [-0.15, -0.1) is 0 Å². The Hall–Kier alpha value is -1.62. The van der Waals surface area contributed by atoms with E-state index in [-0.39, 0.29) is 16.7 Å². The van der Waals surface area contributed by atoms with E-state index in [1.807, 2.05) is 0 Å². The van der Waals surface area contributed by atoms with Gasteiger partial charge in [-0.2, -0.15) is 13.2 Å². The molecule has 2 aromatic carbocycles. The van der Waals surface area contributed by atoms with Crippen molar-refractivity contribution in [2.75, 3.05) is 0 Å². The Morgan fingerprint density at radius 3 is 2.32 bits per heavy atom. The molecule has 0 bridgehead atoms. The van der Waals surface area contributed by atoms with Gasteiger partial charge in [0.25, 0.3) is 0 Å². The molecule has 1 nitrogen and oxygen atoms in total. The highest BCUT2D eigenvalue weighted by Crippen LogP contribution is 2.39. The molecule has 98 valence electrons. The smallest absolute Gasteiger partial charge is 0.298 e. The van der Waals surface area contributed by atoms with Crippen LogP contribution >= 0.6 is 15.9 Å². The Kier molecular flexibility index (Phi) is 3.75. The quantitative estimate of drug-likeness (QED) is 0.713. The zero-order chi connectivity index (χ0) is 14.0. The summed E-state index contributed by atoms with van der Waals surface area (Å²) in [6, 6.07) is 10.1. The van der Waals surface area contributed by atoms with E-state index in [0.29, 0.717) is 10.8 Å². The lowest BCUT2D eigenvalue weighted by atomic mass is 9.95. The third-order valence-corrected chi connectivity index (χ3v) is 3.16. The monoisotopic (exact) mass is 328 g/mol. The van der Waals surface area contributed by atoms with E-state index in [4.69, 9.17) is 0 Å². The highest BCUT2D eigenvalue weighted by molar-refractivity contribution is 9.10. The zero-order valence-electron chi connectivity index (χ0n) is 9.54. The Morgan fingerprint density at radius 2 is 1.68 bits per heavy atom. The van der Waals surface area contributed by atoms with Crippen molar-refractivity contribution in [1.29, 1.82) is 0 Å². The number of aldehydes is 1. The molecule has 0 aliphatic heterocycles. The molecule has 0 fully saturated rings. The Labute approximate surface area is 116 Å². The van der Waals surface area contributed by atoms with Crippen molar-refractivity contribution in [3.8, 4) is 11.1 Å². The molecule has 0 saturated carbocycles. The third-order valence-electron chi connectivity index (χ3n) is 2.66. The summed E-state index contributed by atoms with van der Waals surface area (Å²) in [6.45, 7) is 0. The highest BCUT2D eigenvalue weighted by Gasteiger charge is 2.34. The van der Waals surface area contributed by atoms with Crippen molar-refractivity contribution in [2.24, 2.45) is 0 Å². The zero-order valence-corrected chi connectivity index (χ0v) is 11.1. The largest absolute Gasteiger partial charge is 0.417 e. The van der Waals surface area contributed by atoms with Gasteiger partial charge < -0.3 is 0 Å². The summed E-state index contributed by atoms with van der Waals surface area (Å²) in [4.78, 5) is 10.9. The van der Waals surface area contributed by atoms with Crippen LogP contribution in [0.2, 0.25) is 0 Å². The molecular weight excluding hydrogens is 321 g/mol. The van der Waals surface area contributed by atoms with E-state index in [2.05, 4.69) is 15.9 Å². The molecule has 0 heterocycles. The first-order valence-electron chi connectivity index (χ1n) is 5.35. The first-order valence-corrected chi connectivity index (χ1v) is 6.14. The van der Waals surface area contributed by atoms with Crippen LogP contribution < -0.4 is 0 Å². The number of carbonyl (C=O) groups excluding carboxylic acids is 1. The minimum atomic E-state index is -4.48. The molecule has 0 radical (unpaired) electrons. The normalized spacial score (nSPS) is 11.4. The molecule has 0 spiro atoms. The minimum Gasteiger partial charge on any atom is -0.298 e. The number of halogens is 4. The Balaban J connectivity index is 2.72. The standard InChI is InChI=1S/C14H8BrF3O/c15-10-5-6-12(13(7-10)14(16,17)18)11-4-2-1-3-9(11)8-19/h1-8H. The van der Waals surface area contributed by atoms with Gasteiger partial charge in [-0.05, 0) is 23.3 Å². The fraction of sp³-hybridized carbons (Fsp3) is 0.0714. The van der Waals surface area contributed by atoms with Gasteiger partial charge in [-0.3, -0.25) is 4.79 Å². The molecule has 2 rings (SSSR count). The summed E-state index contributed by atoms with van der Waals surface area (Å²) in [6.07, 6.45) is -3.92. The van der Waals surface area contributed by atoms with E-state index in [1.54, 1.807) is 12.1 Å². The van der Waals surface area contributed by atoms with Crippen LogP contribution in [0.4, 0.5) is 13.2 Å². The predicted molar refractivity (Wildman–Crippen MR) is 70.0 cm³/mol. The first kappa shape index (κ1) is 13.8. The van der Waals surface area contributed by atoms with Crippen LogP contribution in [0.1, 0.15) is 15.9 Å². The summed E-state index contributed by atoms with van der Waals surface area (Å²) in [5.74, 6) is 0. The molecule has 0 aromatic heterocycles. The topological polar surface area (TPSA) is 17.1 Å². The molecule has 0 N–H and O–H groups in total. The van der Waals surface area contributed by atoms with Gasteiger partial charge in [-0.25, -0.2) is 0 Å². The van der Waals surface area contributed by atoms with Crippen molar-refractivity contribution in [2.45, 2.75) is 6.18 Å². The average Bonchev–Trinajstić information content (AvgIpc) is 2.37. The number of rotatable bonds is 2. The number of benzene rings is 2. The molecule has 0 unspecified atom stereocenters. The number of alkyl halides is 3. The molecular formula is C14H8BrF3O. The summed E-state index contributed by atoms with van der Waals surface area (Å²) in [7, 11) is 0. The molecule has 0 aliphatic rings. The summed E-state index contributed by atoms with van der Waals surface area (Å²) >= 11 is 3.03. The average molecular weight is 329 g/mol. The van der Waals surface area contributed by atoms with Crippen LogP contribution in [0.5, 0.6) is 0 Å². The van der Waals surface area contributed by atoms with E-state index < -0.39 is 11.7 Å². The predicted octanol–water partition coefficient (Wildman–Crippen LogP) is 4.95. The van der Waals surface area contributed by atoms with E-state index in [0.717, 1.165) is 6.07 Å². The van der Waals surface area contributed by atoms with Crippen LogP contribution in [0.3, 0.4) is 0 Å². The summed E-state index contributed by atoms with van der Waals surface area (Å²) in [5, 5.41) is 0. The van der Waals surface area contributed by atoms with Crippen molar-refractivity contribution in [3.05, 3.63) is 58.1 Å². The third kappa shape index (κ3) is 2.87. The number of hydrogen-bond acceptors (Lipinski definition) is 1. The van der Waals surface area contributed by atoms with Crippen LogP contribution in [0.15, 0.2) is 46.9 Å². The maximum Gasteiger partial charge on any atom is 0.417 e. The van der Waals surface area contributed by atoms with Crippen LogP contribution in [0.25, 0.3) is 11.1 Å². The molecule has 0 aliphatic carbocycles. The van der Waals surface area contributed by atoms with Crippen molar-refractivity contribution in [3.63, 3.8) is 0 Å². The second kappa shape index (κ2) is 5.17. The van der Waals surface area contributed by atoms with E-state index >= 15 is 0 Å². The van der Waals surface area contributed by atoms with Crippen LogP contribution in [-0.4, -0.2) is 6.29 Å². The SMILES string of the molecule is O=Cc1ccccc1-c1ccc(Br)cc1C(F)(F)F. The van der Waals surface area contributed by atoms with Gasteiger partial charge in [-0.1, -0.05) is 46.3 Å². The lowest BCUT2D eigenvalue weighted by molar-refractivity contribution is -0.137. The molecule has 5 heteroatoms. The first-order chi connectivity index (χ1) is 8.93. The van der Waals surface area contributed by atoms with Gasteiger partial charge >= 0.3 is 6.18 Å². The Bertz CT molecular complexity index is 620. The van der Waals surface area contributed by atoms with E-state index in [9.17, 15) is 18.0 Å².